The average molecular weight is 227 g/mol. The summed E-state index contributed by atoms with van der Waals surface area (Å²) >= 11 is 4.90. The molecule has 0 radical (unpaired) electrons. The van der Waals surface area contributed by atoms with Gasteiger partial charge in [-0.05, 0) is 35.1 Å². The summed E-state index contributed by atoms with van der Waals surface area (Å²) in [6, 6.07) is 15.9. The monoisotopic (exact) mass is 227 g/mol. The summed E-state index contributed by atoms with van der Waals surface area (Å²) in [4.78, 5) is 3.54. The highest BCUT2D eigenvalue weighted by Gasteiger charge is 1.97. The molecule has 4 heteroatoms. The van der Waals surface area contributed by atoms with Crippen molar-refractivity contribution in [2.24, 2.45) is 4.99 Å². The summed E-state index contributed by atoms with van der Waals surface area (Å²) in [5, 5.41) is 12.2. The molecule has 0 aliphatic carbocycles. The third-order valence-electron chi connectivity index (χ3n) is 2.16. The third kappa shape index (κ3) is 2.31. The minimum absolute atomic E-state index is 0.241. The zero-order chi connectivity index (χ0) is 11.4. The Morgan fingerprint density at radius 1 is 1.19 bits per heavy atom. The van der Waals surface area contributed by atoms with Crippen molar-refractivity contribution in [3.63, 3.8) is 0 Å². The number of aliphatic imine (C=N–C) groups is 1. The molecule has 0 saturated carbocycles. The van der Waals surface area contributed by atoms with Gasteiger partial charge in [-0.2, -0.15) is 4.99 Å². The number of nitrogens with one attached hydrogen (secondary N) is 2. The van der Waals surface area contributed by atoms with Gasteiger partial charge in [0.25, 0.3) is 0 Å². The lowest BCUT2D eigenvalue weighted by Gasteiger charge is -2.04. The Labute approximate surface area is 98.3 Å². The number of hydrogen-bond acceptors (Lipinski definition) is 2. The molecule has 0 aliphatic heterocycles. The number of anilines is 1. The van der Waals surface area contributed by atoms with Gasteiger partial charge < -0.3 is 5.32 Å². The molecule has 0 saturated heterocycles. The maximum Gasteiger partial charge on any atom is 0.207 e. The van der Waals surface area contributed by atoms with Crippen LogP contribution in [-0.2, 0) is 0 Å². The fourth-order valence-electron chi connectivity index (χ4n) is 1.47. The molecule has 3 nitrogen and oxygen atoms in total. The average Bonchev–Trinajstić information content (AvgIpc) is 2.29. The van der Waals surface area contributed by atoms with Crippen LogP contribution in [0.4, 0.5) is 5.69 Å². The predicted octanol–water partition coefficient (Wildman–Crippen LogP) is 3.29. The first-order valence-electron chi connectivity index (χ1n) is 4.72. The van der Waals surface area contributed by atoms with Gasteiger partial charge >= 0.3 is 0 Å². The van der Waals surface area contributed by atoms with Gasteiger partial charge in [0.15, 0.2) is 0 Å². The van der Waals surface area contributed by atoms with E-state index in [1.807, 2.05) is 48.5 Å². The largest absolute Gasteiger partial charge is 0.330 e. The Kier molecular flexibility index (Phi) is 3.05. The Hall–Kier alpha value is -2.03. The molecule has 0 spiro atoms. The van der Waals surface area contributed by atoms with Crippen molar-refractivity contribution >= 4 is 39.8 Å². The van der Waals surface area contributed by atoms with Gasteiger partial charge in [0.2, 0.25) is 5.11 Å². The van der Waals surface area contributed by atoms with Crippen molar-refractivity contribution in [2.45, 2.75) is 0 Å². The maximum atomic E-state index is 6.69. The molecule has 0 atom stereocenters. The second-order valence-corrected chi connectivity index (χ2v) is 3.60. The molecular weight excluding hydrogens is 218 g/mol. The van der Waals surface area contributed by atoms with E-state index in [1.165, 1.54) is 5.39 Å². The highest BCUT2D eigenvalue weighted by atomic mass is 32.1. The summed E-state index contributed by atoms with van der Waals surface area (Å²) in [6.07, 6.45) is 0. The fraction of sp³-hybridized carbons (Fsp3) is 0. The van der Waals surface area contributed by atoms with Gasteiger partial charge in [-0.3, -0.25) is 0 Å². The van der Waals surface area contributed by atoms with Crippen molar-refractivity contribution in [3.05, 3.63) is 42.5 Å². The SMILES string of the molecule is N=C=NC(=S)Nc1ccc2ccccc2c1. The minimum Gasteiger partial charge on any atom is -0.330 e. The van der Waals surface area contributed by atoms with E-state index in [1.54, 1.807) is 0 Å². The van der Waals surface area contributed by atoms with Crippen LogP contribution in [0, 0.1) is 5.41 Å². The summed E-state index contributed by atoms with van der Waals surface area (Å²) in [7, 11) is 0. The number of nitrogens with zero attached hydrogens (tertiary/aromatic N) is 1. The summed E-state index contributed by atoms with van der Waals surface area (Å²) < 4.78 is 0. The van der Waals surface area contributed by atoms with E-state index < -0.39 is 0 Å². The molecule has 0 aromatic heterocycles. The summed E-state index contributed by atoms with van der Waals surface area (Å²) in [5.74, 6) is 0. The second kappa shape index (κ2) is 4.66. The molecule has 0 amide bonds. The standard InChI is InChI=1S/C12H9N3S/c13-8-14-12(16)15-11-6-5-9-3-1-2-4-10(9)7-11/h1-7,13H,(H,15,16). The van der Waals surface area contributed by atoms with Crippen LogP contribution in [0.2, 0.25) is 0 Å². The molecule has 2 aromatic rings. The first-order valence-corrected chi connectivity index (χ1v) is 5.12. The van der Waals surface area contributed by atoms with Gasteiger partial charge in [-0.1, -0.05) is 30.3 Å². The Balaban J connectivity index is 2.32. The number of benzene rings is 2. The predicted molar refractivity (Wildman–Crippen MR) is 70.3 cm³/mol. The zero-order valence-electron chi connectivity index (χ0n) is 8.40. The summed E-state index contributed by atoms with van der Waals surface area (Å²) in [5.41, 5.74) is 0.864. The van der Waals surface area contributed by atoms with E-state index in [0.29, 0.717) is 0 Å². The third-order valence-corrected chi connectivity index (χ3v) is 2.35. The number of thiocarbonyl (C=S) groups is 1. The molecule has 78 valence electrons. The molecule has 0 heterocycles. The topological polar surface area (TPSA) is 48.2 Å². The normalized spacial score (nSPS) is 9.50. The molecule has 0 unspecified atom stereocenters. The van der Waals surface area contributed by atoms with Crippen molar-refractivity contribution in [1.82, 2.24) is 0 Å². The first-order chi connectivity index (χ1) is 7.79. The Bertz CT molecular complexity index is 586. The number of hydrogen-bond donors (Lipinski definition) is 2. The van der Waals surface area contributed by atoms with Crippen LogP contribution in [0.3, 0.4) is 0 Å². The highest BCUT2D eigenvalue weighted by Crippen LogP contribution is 2.18. The number of rotatable bonds is 1. The van der Waals surface area contributed by atoms with Crippen LogP contribution in [0.25, 0.3) is 10.8 Å². The molecule has 2 aromatic carbocycles. The Morgan fingerprint density at radius 3 is 2.69 bits per heavy atom. The zero-order valence-corrected chi connectivity index (χ0v) is 9.21. The minimum atomic E-state index is 0.241. The van der Waals surface area contributed by atoms with Crippen LogP contribution < -0.4 is 5.32 Å². The quantitative estimate of drug-likeness (QED) is 0.580. The van der Waals surface area contributed by atoms with E-state index >= 15 is 0 Å². The van der Waals surface area contributed by atoms with Gasteiger partial charge in [0.1, 0.15) is 0 Å². The van der Waals surface area contributed by atoms with Crippen molar-refractivity contribution < 1.29 is 0 Å². The first kappa shape index (κ1) is 10.5. The van der Waals surface area contributed by atoms with Crippen LogP contribution in [0.1, 0.15) is 0 Å². The second-order valence-electron chi connectivity index (χ2n) is 3.22. The molecule has 0 aliphatic rings. The maximum absolute atomic E-state index is 6.69. The molecule has 16 heavy (non-hydrogen) atoms. The van der Waals surface area contributed by atoms with Crippen LogP contribution in [-0.4, -0.2) is 11.1 Å². The van der Waals surface area contributed by atoms with E-state index in [0.717, 1.165) is 11.1 Å². The van der Waals surface area contributed by atoms with E-state index in [-0.39, 0.29) is 5.11 Å². The molecular formula is C12H9N3S. The smallest absolute Gasteiger partial charge is 0.207 e. The fourth-order valence-corrected chi connectivity index (χ4v) is 1.63. The van der Waals surface area contributed by atoms with Crippen LogP contribution in [0.15, 0.2) is 47.5 Å². The lowest BCUT2D eigenvalue weighted by molar-refractivity contribution is 1.54. The van der Waals surface area contributed by atoms with E-state index in [9.17, 15) is 0 Å². The lowest BCUT2D eigenvalue weighted by atomic mass is 10.1. The van der Waals surface area contributed by atoms with Crippen molar-refractivity contribution in [1.29, 1.82) is 5.41 Å². The van der Waals surface area contributed by atoms with Crippen LogP contribution in [0.5, 0.6) is 0 Å². The Morgan fingerprint density at radius 2 is 1.94 bits per heavy atom. The molecule has 0 bridgehead atoms. The highest BCUT2D eigenvalue weighted by molar-refractivity contribution is 7.80. The van der Waals surface area contributed by atoms with Gasteiger partial charge in [0, 0.05) is 5.69 Å². The van der Waals surface area contributed by atoms with Gasteiger partial charge in [-0.15, -0.1) is 0 Å². The molecule has 0 fully saturated rings. The number of fused-ring (bicyclic) bond motifs is 1. The van der Waals surface area contributed by atoms with E-state index in [2.05, 4.69) is 10.3 Å². The van der Waals surface area contributed by atoms with Gasteiger partial charge in [-0.25, -0.2) is 5.41 Å². The molecule has 2 rings (SSSR count). The lowest BCUT2D eigenvalue weighted by Crippen LogP contribution is -2.04. The molecule has 2 N–H and O–H groups in total. The van der Waals surface area contributed by atoms with Crippen LogP contribution >= 0.6 is 12.2 Å². The van der Waals surface area contributed by atoms with Crippen molar-refractivity contribution in [2.75, 3.05) is 5.32 Å². The summed E-state index contributed by atoms with van der Waals surface area (Å²) in [6.45, 7) is 0. The van der Waals surface area contributed by atoms with Gasteiger partial charge in [0.05, 0.1) is 6.01 Å². The van der Waals surface area contributed by atoms with Crippen molar-refractivity contribution in [3.8, 4) is 0 Å². The van der Waals surface area contributed by atoms with E-state index in [4.69, 9.17) is 17.6 Å².